The number of rotatable bonds is 10. The fourth-order valence-electron chi connectivity index (χ4n) is 4.38. The van der Waals surface area contributed by atoms with E-state index in [0.29, 0.717) is 34.3 Å². The Bertz CT molecular complexity index is 1220. The summed E-state index contributed by atoms with van der Waals surface area (Å²) in [6.45, 7) is 1.85. The van der Waals surface area contributed by atoms with Gasteiger partial charge in [-0.25, -0.2) is 4.39 Å². The fraction of sp³-hybridized carbons (Fsp3) is 0.296. The molecule has 2 atom stereocenters. The van der Waals surface area contributed by atoms with Crippen LogP contribution in [-0.4, -0.2) is 35.4 Å². The lowest BCUT2D eigenvalue weighted by Crippen LogP contribution is -2.39. The number of hydrogen-bond donors (Lipinski definition) is 3. The van der Waals surface area contributed by atoms with Gasteiger partial charge < -0.3 is 19.7 Å². The molecule has 0 fully saturated rings. The van der Waals surface area contributed by atoms with Crippen molar-refractivity contribution in [3.63, 3.8) is 0 Å². The van der Waals surface area contributed by atoms with Crippen molar-refractivity contribution in [3.8, 4) is 22.6 Å². The van der Waals surface area contributed by atoms with Crippen LogP contribution in [-0.2, 0) is 17.8 Å². The smallest absolute Gasteiger partial charge is 0.323 e. The highest BCUT2D eigenvalue weighted by Gasteiger charge is 2.28. The number of carboxylic acids is 1. The lowest BCUT2D eigenvalue weighted by molar-refractivity contribution is -0.140. The number of halogens is 2. The predicted octanol–water partition coefficient (Wildman–Crippen LogP) is 5.15. The zero-order valence-electron chi connectivity index (χ0n) is 19.3. The van der Waals surface area contributed by atoms with Crippen molar-refractivity contribution in [3.05, 3.63) is 82.1 Å². The molecule has 8 heteroatoms. The number of nitrogens with one attached hydrogen (secondary N) is 1. The van der Waals surface area contributed by atoms with Crippen molar-refractivity contribution < 1.29 is 28.9 Å². The molecule has 35 heavy (non-hydrogen) atoms. The van der Waals surface area contributed by atoms with Gasteiger partial charge in [0.05, 0.1) is 18.2 Å². The first-order valence-corrected chi connectivity index (χ1v) is 11.9. The molecule has 0 spiro atoms. The average molecular weight is 500 g/mol. The number of aliphatic hydroxyl groups is 1. The summed E-state index contributed by atoms with van der Waals surface area (Å²) >= 11 is 6.54. The van der Waals surface area contributed by atoms with E-state index in [9.17, 15) is 14.3 Å². The van der Waals surface area contributed by atoms with E-state index in [2.05, 4.69) is 5.32 Å². The van der Waals surface area contributed by atoms with E-state index in [1.807, 2.05) is 31.2 Å². The minimum Gasteiger partial charge on any atom is -0.493 e. The Labute approximate surface area is 208 Å². The highest BCUT2D eigenvalue weighted by atomic mass is 35.5. The summed E-state index contributed by atoms with van der Waals surface area (Å²) in [5.74, 6) is -0.443. The number of hydrogen-bond acceptors (Lipinski definition) is 5. The van der Waals surface area contributed by atoms with Gasteiger partial charge in [0, 0.05) is 23.7 Å². The van der Waals surface area contributed by atoms with E-state index < -0.39 is 18.6 Å². The number of carbonyl (C=O) groups is 1. The summed E-state index contributed by atoms with van der Waals surface area (Å²) in [6.07, 6.45) is 1.22. The van der Waals surface area contributed by atoms with Gasteiger partial charge in [-0.2, -0.15) is 0 Å². The van der Waals surface area contributed by atoms with E-state index in [-0.39, 0.29) is 18.5 Å². The standard InChI is InChI=1S/C27H27ClFNO5/c1-2-34-25-13-26(21(28)12-16(25)14-30-23(15-31)27(32)33)35-24-11-10-18-17(7-5-8-20(18)24)19-6-3-4-9-22(19)29/h3-9,12-13,23-24,30-31H,2,10-11,14-15H2,1H3,(H,32,33)/t23?,24-/m0/s1. The minimum absolute atomic E-state index is 0.144. The van der Waals surface area contributed by atoms with E-state index in [1.54, 1.807) is 24.3 Å². The highest BCUT2D eigenvalue weighted by molar-refractivity contribution is 6.32. The Morgan fingerprint density at radius 3 is 2.66 bits per heavy atom. The number of carboxylic acid groups (broad SMARTS) is 1. The van der Waals surface area contributed by atoms with Crippen molar-refractivity contribution in [2.24, 2.45) is 0 Å². The largest absolute Gasteiger partial charge is 0.493 e. The third kappa shape index (κ3) is 5.42. The predicted molar refractivity (Wildman–Crippen MR) is 131 cm³/mol. The van der Waals surface area contributed by atoms with Gasteiger partial charge in [0.1, 0.15) is 29.5 Å². The monoisotopic (exact) mass is 499 g/mol. The molecule has 3 aromatic carbocycles. The van der Waals surface area contributed by atoms with E-state index in [0.717, 1.165) is 29.5 Å². The molecule has 184 valence electrons. The lowest BCUT2D eigenvalue weighted by Gasteiger charge is -2.20. The van der Waals surface area contributed by atoms with E-state index >= 15 is 0 Å². The van der Waals surface area contributed by atoms with Crippen molar-refractivity contribution in [2.45, 2.75) is 38.5 Å². The maximum atomic E-state index is 14.5. The fourth-order valence-corrected chi connectivity index (χ4v) is 4.61. The molecule has 0 bridgehead atoms. The number of benzene rings is 3. The second-order valence-electron chi connectivity index (χ2n) is 8.28. The normalized spacial score (nSPS) is 15.5. The molecule has 0 radical (unpaired) electrons. The van der Waals surface area contributed by atoms with Gasteiger partial charge in [0.25, 0.3) is 0 Å². The molecule has 0 saturated heterocycles. The Hall–Kier alpha value is -3.13. The van der Waals surface area contributed by atoms with Crippen molar-refractivity contribution in [1.29, 1.82) is 0 Å². The summed E-state index contributed by atoms with van der Waals surface area (Å²) in [5.41, 5.74) is 4.15. The number of fused-ring (bicyclic) bond motifs is 1. The summed E-state index contributed by atoms with van der Waals surface area (Å²) in [5, 5.41) is 21.5. The quantitative estimate of drug-likeness (QED) is 0.358. The Morgan fingerprint density at radius 1 is 1.17 bits per heavy atom. The van der Waals surface area contributed by atoms with Crippen LogP contribution in [0.2, 0.25) is 5.02 Å². The maximum Gasteiger partial charge on any atom is 0.323 e. The van der Waals surface area contributed by atoms with Crippen LogP contribution in [0.25, 0.3) is 11.1 Å². The van der Waals surface area contributed by atoms with Crippen LogP contribution in [0.3, 0.4) is 0 Å². The van der Waals surface area contributed by atoms with Gasteiger partial charge in [-0.05, 0) is 48.6 Å². The van der Waals surface area contributed by atoms with Gasteiger partial charge in [-0.3, -0.25) is 10.1 Å². The molecule has 0 heterocycles. The molecule has 1 aliphatic rings. The molecule has 1 aliphatic carbocycles. The van der Waals surface area contributed by atoms with E-state index in [4.69, 9.17) is 26.2 Å². The van der Waals surface area contributed by atoms with Crippen LogP contribution < -0.4 is 14.8 Å². The molecular weight excluding hydrogens is 473 g/mol. The van der Waals surface area contributed by atoms with Gasteiger partial charge in [0.15, 0.2) is 0 Å². The second-order valence-corrected chi connectivity index (χ2v) is 8.68. The zero-order chi connectivity index (χ0) is 24.9. The Kier molecular flexibility index (Phi) is 7.90. The first kappa shape index (κ1) is 25.0. The van der Waals surface area contributed by atoms with Crippen LogP contribution in [0.4, 0.5) is 4.39 Å². The van der Waals surface area contributed by atoms with Crippen molar-refractivity contribution >= 4 is 17.6 Å². The van der Waals surface area contributed by atoms with E-state index in [1.165, 1.54) is 6.07 Å². The number of aliphatic carboxylic acids is 1. The summed E-state index contributed by atoms with van der Waals surface area (Å²) in [7, 11) is 0. The molecule has 6 nitrogen and oxygen atoms in total. The van der Waals surface area contributed by atoms with Gasteiger partial charge >= 0.3 is 5.97 Å². The van der Waals surface area contributed by atoms with Gasteiger partial charge in [0.2, 0.25) is 0 Å². The highest BCUT2D eigenvalue weighted by Crippen LogP contribution is 2.43. The topological polar surface area (TPSA) is 88.0 Å². The van der Waals surface area contributed by atoms with Crippen LogP contribution in [0, 0.1) is 5.82 Å². The van der Waals surface area contributed by atoms with Crippen LogP contribution >= 0.6 is 11.6 Å². The molecule has 4 rings (SSSR count). The maximum absolute atomic E-state index is 14.5. The molecule has 0 saturated carbocycles. The Morgan fingerprint density at radius 2 is 1.94 bits per heavy atom. The molecule has 0 aromatic heterocycles. The van der Waals surface area contributed by atoms with Gasteiger partial charge in [-0.1, -0.05) is 48.0 Å². The number of ether oxygens (including phenoxy) is 2. The molecule has 0 aliphatic heterocycles. The molecule has 3 N–H and O–H groups in total. The van der Waals surface area contributed by atoms with Crippen LogP contribution in [0.15, 0.2) is 54.6 Å². The lowest BCUT2D eigenvalue weighted by atomic mass is 9.96. The third-order valence-electron chi connectivity index (χ3n) is 6.08. The first-order valence-electron chi connectivity index (χ1n) is 11.5. The minimum atomic E-state index is -1.15. The second kappa shape index (κ2) is 11.1. The van der Waals surface area contributed by atoms with Crippen LogP contribution in [0.1, 0.15) is 36.1 Å². The zero-order valence-corrected chi connectivity index (χ0v) is 20.0. The average Bonchev–Trinajstić information content (AvgIpc) is 3.25. The first-order chi connectivity index (χ1) is 16.9. The molecule has 1 unspecified atom stereocenters. The summed E-state index contributed by atoms with van der Waals surface area (Å²) < 4.78 is 26.5. The van der Waals surface area contributed by atoms with Crippen LogP contribution in [0.5, 0.6) is 11.5 Å². The summed E-state index contributed by atoms with van der Waals surface area (Å²) in [6, 6.07) is 14.9. The Balaban J connectivity index is 1.59. The third-order valence-corrected chi connectivity index (χ3v) is 6.38. The van der Waals surface area contributed by atoms with Crippen molar-refractivity contribution in [2.75, 3.05) is 13.2 Å². The molecule has 0 amide bonds. The number of aliphatic hydroxyl groups excluding tert-OH is 1. The van der Waals surface area contributed by atoms with Gasteiger partial charge in [-0.15, -0.1) is 0 Å². The molecular formula is C27H27ClFNO5. The molecule has 3 aromatic rings. The SMILES string of the molecule is CCOc1cc(O[C@H]2CCc3c(-c4ccccc4F)cccc32)c(Cl)cc1CNC(CO)C(=O)O. The van der Waals surface area contributed by atoms with Crippen molar-refractivity contribution in [1.82, 2.24) is 5.32 Å². The summed E-state index contributed by atoms with van der Waals surface area (Å²) in [4.78, 5) is 11.2.